The Bertz CT molecular complexity index is 4480. The standard InChI is InChI=1S/C50H51N11O14S6.O3S/c1-29-22-40(57-60-47-32(4)35(28-51)49-52-36-14-15-46(81(72,73)74)33(5)48(36)61(49)50(47)62)43(75-16-9-19-78(63,64)65)25-37(29)55-58-41-24-31(3)39(27-45(41)77-18-11-21-80(69,70)71)56-59-42-23-30(2)38(54-53-34-12-7-6-8-13-34)26-44(42)76-17-10-20-79(66,67)68;1-4(2)3/h6-8,12-15,22-27,62H,9-11,16-21H2,1-5H3,(H,63,64,65)(H,66,67,68)(H,69,70,71)(H,72,73,74);. The molecule has 7 aromatic rings. The number of aromatic hydroxyl groups is 1. The van der Waals surface area contributed by atoms with Crippen LogP contribution in [0.25, 0.3) is 16.7 Å². The normalized spacial score (nSPS) is 12.5. The van der Waals surface area contributed by atoms with E-state index in [2.05, 4.69) is 45.9 Å². The van der Waals surface area contributed by atoms with E-state index >= 15 is 0 Å². The van der Waals surface area contributed by atoms with Crippen molar-refractivity contribution in [3.63, 3.8) is 0 Å². The van der Waals surface area contributed by atoms with Crippen LogP contribution in [0.4, 0.5) is 45.5 Å². The summed E-state index contributed by atoms with van der Waals surface area (Å²) in [5.74, 6) is -1.71. The zero-order valence-electron chi connectivity index (χ0n) is 45.3. The minimum absolute atomic E-state index is 0.0145. The van der Waals surface area contributed by atoms with Crippen molar-refractivity contribution in [1.29, 1.82) is 5.26 Å². The molecule has 2 heterocycles. The molecule has 0 radical (unpaired) electrons. The Balaban J connectivity index is 0.00000280. The molecular weight excluding hydrogens is 1250 g/mol. The number of pyridine rings is 1. The zero-order valence-corrected chi connectivity index (χ0v) is 51.0. The van der Waals surface area contributed by atoms with Crippen LogP contribution in [0.3, 0.4) is 0 Å². The molecule has 5 N–H and O–H groups in total. The van der Waals surface area contributed by atoms with Crippen LogP contribution in [0.5, 0.6) is 11.6 Å². The van der Waals surface area contributed by atoms with E-state index in [4.69, 9.17) is 17.4 Å². The van der Waals surface area contributed by atoms with Gasteiger partial charge in [-0.25, -0.2) is 4.98 Å². The van der Waals surface area contributed by atoms with Gasteiger partial charge < -0.3 is 9.84 Å². The summed E-state index contributed by atoms with van der Waals surface area (Å²) in [4.78, 5) is 5.06. The summed E-state index contributed by atoms with van der Waals surface area (Å²) in [5.41, 5.74) is 4.34. The number of hydrogen-bond donors (Lipinski definition) is 5. The highest BCUT2D eigenvalue weighted by atomic mass is 32.2. The van der Waals surface area contributed by atoms with Crippen molar-refractivity contribution in [2.24, 2.45) is 40.9 Å². The van der Waals surface area contributed by atoms with Gasteiger partial charge in [-0.2, -0.15) is 59.4 Å². The molecule has 450 valence electrons. The maximum Gasteiger partial charge on any atom is 0.425 e. The molecule has 0 aliphatic heterocycles. The van der Waals surface area contributed by atoms with Crippen molar-refractivity contribution in [3.8, 4) is 17.7 Å². The van der Waals surface area contributed by atoms with Crippen LogP contribution in [-0.2, 0) is 51.1 Å². The number of hydrogen-bond acceptors (Lipinski definition) is 25. The molecule has 0 saturated heterocycles. The molecule has 0 atom stereocenters. The van der Waals surface area contributed by atoms with E-state index in [-0.39, 0.29) is 87.8 Å². The van der Waals surface area contributed by atoms with Gasteiger partial charge in [-0.1, -0.05) is 18.2 Å². The Hall–Kier alpha value is -7.50. The predicted molar refractivity (Wildman–Crippen MR) is 315 cm³/mol. The number of thioether (sulfide) groups is 2. The number of ether oxygens (including phenoxy) is 1. The number of aryl methyl sites for hydroxylation is 4. The number of fused-ring (bicyclic) bond motifs is 3. The number of nitrogens with zero attached hydrogens (tertiary/aromatic N) is 11. The fourth-order valence-electron chi connectivity index (χ4n) is 7.86. The molecule has 2 aromatic heterocycles. The lowest BCUT2D eigenvalue weighted by Crippen LogP contribution is -2.08. The molecule has 0 amide bonds. The molecular formula is C50H51N11O17S7. The first-order chi connectivity index (χ1) is 39.8. The van der Waals surface area contributed by atoms with Gasteiger partial charge in [-0.15, -0.1) is 56.6 Å². The summed E-state index contributed by atoms with van der Waals surface area (Å²) in [6.45, 7) is 7.84. The topological polar surface area (TPSA) is 438 Å². The number of aromatic nitrogens is 2. The molecule has 0 aliphatic rings. The minimum Gasteiger partial charge on any atom is -0.493 e. The molecule has 0 fully saturated rings. The van der Waals surface area contributed by atoms with E-state index in [0.717, 1.165) is 10.5 Å². The van der Waals surface area contributed by atoms with Gasteiger partial charge in [0.1, 0.15) is 23.1 Å². The second kappa shape index (κ2) is 28.6. The van der Waals surface area contributed by atoms with Crippen LogP contribution < -0.4 is 4.74 Å². The fourth-order valence-corrected chi connectivity index (χ4v) is 12.4. The van der Waals surface area contributed by atoms with E-state index in [1.807, 2.05) is 31.2 Å². The van der Waals surface area contributed by atoms with Gasteiger partial charge in [0.05, 0.1) is 73.9 Å². The maximum atomic E-state index is 12.2. The average Bonchev–Trinajstić information content (AvgIpc) is 1.70. The Morgan fingerprint density at radius 1 is 0.588 bits per heavy atom. The van der Waals surface area contributed by atoms with Gasteiger partial charge in [0, 0.05) is 21.4 Å². The molecule has 85 heavy (non-hydrogen) atoms. The van der Waals surface area contributed by atoms with E-state index in [1.165, 1.54) is 55.6 Å². The van der Waals surface area contributed by atoms with Crippen LogP contribution in [0.15, 0.2) is 134 Å². The molecule has 7 rings (SSSR count). The summed E-state index contributed by atoms with van der Waals surface area (Å²) < 4.78 is 164. The fraction of sp³-hybridized carbons (Fsp3) is 0.280. The summed E-state index contributed by atoms with van der Waals surface area (Å²) in [5, 5.41) is 57.7. The lowest BCUT2D eigenvalue weighted by molar-refractivity contribution is 0.317. The van der Waals surface area contributed by atoms with Crippen LogP contribution in [-0.4, -0.2) is 114 Å². The van der Waals surface area contributed by atoms with Crippen molar-refractivity contribution in [1.82, 2.24) is 9.38 Å². The Morgan fingerprint density at radius 3 is 1.54 bits per heavy atom. The molecule has 0 aliphatic carbocycles. The third kappa shape index (κ3) is 19.0. The van der Waals surface area contributed by atoms with Gasteiger partial charge in [0.15, 0.2) is 11.3 Å². The molecule has 35 heteroatoms. The zero-order chi connectivity index (χ0) is 62.6. The van der Waals surface area contributed by atoms with E-state index in [1.54, 1.807) is 50.2 Å². The SMILES string of the molecule is Cc1cc(N=Nc2cc(SCCCS(=O)(=O)O)c(N=Nc3cc(OCCCS(=O)(=O)O)c(N=Nc4c(C)c(C#N)c5nc6ccc(S(=O)(=O)O)c(C)c6n5c4O)cc3C)cc2C)c(SCCCS(=O)(=O)O)cc1N=Nc1ccccc1.O=S(=O)=O. The largest absolute Gasteiger partial charge is 0.493 e. The van der Waals surface area contributed by atoms with Crippen molar-refractivity contribution in [3.05, 3.63) is 112 Å². The average molecular weight is 1300 g/mol. The third-order valence-corrected chi connectivity index (χ3v) is 17.5. The predicted octanol–water partition coefficient (Wildman–Crippen LogP) is 11.9. The summed E-state index contributed by atoms with van der Waals surface area (Å²) in [6, 6.07) is 23.4. The quantitative estimate of drug-likeness (QED) is 0.0162. The first-order valence-electron chi connectivity index (χ1n) is 24.6. The highest BCUT2D eigenvalue weighted by molar-refractivity contribution is 7.99. The molecule has 0 bridgehead atoms. The molecule has 5 aromatic carbocycles. The van der Waals surface area contributed by atoms with Crippen molar-refractivity contribution in [2.45, 2.75) is 68.6 Å². The summed E-state index contributed by atoms with van der Waals surface area (Å²) in [6.07, 6.45) is 0.0273. The van der Waals surface area contributed by atoms with Crippen LogP contribution in [0.2, 0.25) is 0 Å². The highest BCUT2D eigenvalue weighted by Gasteiger charge is 2.25. The van der Waals surface area contributed by atoms with Gasteiger partial charge in [0.25, 0.3) is 40.5 Å². The van der Waals surface area contributed by atoms with E-state index < -0.39 is 79.1 Å². The van der Waals surface area contributed by atoms with Gasteiger partial charge in [-0.05, 0) is 142 Å². The summed E-state index contributed by atoms with van der Waals surface area (Å²) in [7, 11) is -20.7. The molecule has 0 unspecified atom stereocenters. The molecule has 0 spiro atoms. The first kappa shape index (κ1) is 66.6. The summed E-state index contributed by atoms with van der Waals surface area (Å²) >= 11 is 2.48. The Kier molecular flexibility index (Phi) is 22.4. The molecule has 28 nitrogen and oxygen atoms in total. The third-order valence-electron chi connectivity index (χ3n) is 11.9. The minimum atomic E-state index is -4.72. The highest BCUT2D eigenvalue weighted by Crippen LogP contribution is 2.44. The maximum absolute atomic E-state index is 12.2. The van der Waals surface area contributed by atoms with Crippen molar-refractivity contribution < 1.29 is 74.4 Å². The molecule has 0 saturated carbocycles. The number of nitriles is 1. The van der Waals surface area contributed by atoms with Gasteiger partial charge in [0.2, 0.25) is 5.88 Å². The Morgan fingerprint density at radius 2 is 1.05 bits per heavy atom. The monoisotopic (exact) mass is 1300 g/mol. The van der Waals surface area contributed by atoms with Crippen LogP contribution >= 0.6 is 23.5 Å². The van der Waals surface area contributed by atoms with E-state index in [9.17, 15) is 62.3 Å². The number of rotatable bonds is 24. The number of azo groups is 4. The van der Waals surface area contributed by atoms with Crippen LogP contribution in [0.1, 0.15) is 52.6 Å². The first-order valence-corrected chi connectivity index (χ1v) is 33.8. The number of benzene rings is 5. The van der Waals surface area contributed by atoms with Crippen molar-refractivity contribution >= 4 is 137 Å². The lowest BCUT2D eigenvalue weighted by atomic mass is 10.1. The smallest absolute Gasteiger partial charge is 0.425 e. The van der Waals surface area contributed by atoms with Crippen LogP contribution in [0, 0.1) is 45.9 Å². The Labute approximate surface area is 497 Å². The van der Waals surface area contributed by atoms with Gasteiger partial charge >= 0.3 is 10.6 Å². The van der Waals surface area contributed by atoms with E-state index in [0.29, 0.717) is 60.7 Å². The van der Waals surface area contributed by atoms with Crippen molar-refractivity contribution in [2.75, 3.05) is 35.4 Å². The lowest BCUT2D eigenvalue weighted by Gasteiger charge is -2.12. The van der Waals surface area contributed by atoms with Gasteiger partial charge in [-0.3, -0.25) is 22.6 Å². The second-order valence-corrected chi connectivity index (χ2v) is 27.0. The number of imidazole rings is 1. The second-order valence-electron chi connectivity index (χ2n) is 18.2.